The minimum absolute atomic E-state index is 0.144. The number of rotatable bonds is 4. The molecule has 0 saturated heterocycles. The Morgan fingerprint density at radius 3 is 2.71 bits per heavy atom. The van der Waals surface area contributed by atoms with Gasteiger partial charge in [0, 0.05) is 9.61 Å². The predicted molar refractivity (Wildman–Crippen MR) is 82.3 cm³/mol. The van der Waals surface area contributed by atoms with E-state index in [-0.39, 0.29) is 6.04 Å². The summed E-state index contributed by atoms with van der Waals surface area (Å²) in [5.74, 6) is 0.917. The van der Waals surface area contributed by atoms with Gasteiger partial charge in [0.2, 0.25) is 0 Å². The highest BCUT2D eigenvalue weighted by Crippen LogP contribution is 2.31. The Morgan fingerprint density at radius 1 is 1.35 bits per heavy atom. The van der Waals surface area contributed by atoms with Gasteiger partial charge in [-0.25, -0.2) is 0 Å². The summed E-state index contributed by atoms with van der Waals surface area (Å²) in [6.07, 6.45) is 7.98. The molecule has 17 heavy (non-hydrogen) atoms. The van der Waals surface area contributed by atoms with E-state index in [0.29, 0.717) is 0 Å². The molecule has 1 nitrogen and oxygen atoms in total. The van der Waals surface area contributed by atoms with Crippen LogP contribution in [0.4, 0.5) is 0 Å². The zero-order chi connectivity index (χ0) is 12.3. The van der Waals surface area contributed by atoms with Crippen LogP contribution in [0.15, 0.2) is 18.2 Å². The quantitative estimate of drug-likeness (QED) is 0.755. The van der Waals surface area contributed by atoms with E-state index >= 15 is 0 Å². The van der Waals surface area contributed by atoms with Crippen LogP contribution in [-0.2, 0) is 0 Å². The van der Waals surface area contributed by atoms with Crippen molar-refractivity contribution < 1.29 is 0 Å². The molecule has 3 heteroatoms. The van der Waals surface area contributed by atoms with Crippen molar-refractivity contribution in [2.75, 3.05) is 0 Å². The Labute approximate surface area is 122 Å². The Hall–Kier alpha value is 0.200. The zero-order valence-electron chi connectivity index (χ0n) is 9.96. The molecule has 1 atom stereocenters. The van der Waals surface area contributed by atoms with Crippen LogP contribution in [0.1, 0.15) is 50.1 Å². The summed E-state index contributed by atoms with van der Waals surface area (Å²) in [5.41, 5.74) is 7.41. The Bertz CT molecular complexity index is 374. The summed E-state index contributed by atoms with van der Waals surface area (Å²) in [4.78, 5) is 0. The third-order valence-corrected chi connectivity index (χ3v) is 5.30. The minimum Gasteiger partial charge on any atom is -0.324 e. The smallest absolute Gasteiger partial charge is 0.0542 e. The fraction of sp³-hybridized carbons (Fsp3) is 0.571. The van der Waals surface area contributed by atoms with Crippen LogP contribution in [0.5, 0.6) is 0 Å². The lowest BCUT2D eigenvalue weighted by Crippen LogP contribution is -2.11. The standard InChI is InChI=1S/C14H19ClIN/c15-12-9-11(6-7-13(12)16)14(17)8-5-10-3-1-2-4-10/h6-7,9-10,14H,1-5,8,17H2. The lowest BCUT2D eigenvalue weighted by Gasteiger charge is -2.15. The van der Waals surface area contributed by atoms with E-state index < -0.39 is 0 Å². The molecule has 94 valence electrons. The van der Waals surface area contributed by atoms with Gasteiger partial charge >= 0.3 is 0 Å². The second-order valence-electron chi connectivity index (χ2n) is 5.01. The molecule has 0 bridgehead atoms. The van der Waals surface area contributed by atoms with E-state index in [0.717, 1.165) is 20.9 Å². The molecule has 2 rings (SSSR count). The SMILES string of the molecule is NC(CCC1CCCC1)c1ccc(I)c(Cl)c1. The molecule has 1 aromatic carbocycles. The highest BCUT2D eigenvalue weighted by molar-refractivity contribution is 14.1. The van der Waals surface area contributed by atoms with Gasteiger partial charge in [-0.2, -0.15) is 0 Å². The van der Waals surface area contributed by atoms with E-state index in [2.05, 4.69) is 28.7 Å². The normalized spacial score (nSPS) is 18.5. The van der Waals surface area contributed by atoms with Crippen molar-refractivity contribution in [3.05, 3.63) is 32.4 Å². The maximum atomic E-state index is 6.23. The first kappa shape index (κ1) is 13.6. The lowest BCUT2D eigenvalue weighted by atomic mass is 9.95. The average Bonchev–Trinajstić information content (AvgIpc) is 2.82. The van der Waals surface area contributed by atoms with E-state index in [1.807, 2.05) is 12.1 Å². The molecule has 1 aromatic rings. The van der Waals surface area contributed by atoms with Crippen molar-refractivity contribution in [1.29, 1.82) is 0 Å². The third kappa shape index (κ3) is 3.83. The molecule has 0 spiro atoms. The number of hydrogen-bond donors (Lipinski definition) is 1. The van der Waals surface area contributed by atoms with E-state index in [1.54, 1.807) is 0 Å². The molecule has 0 aliphatic heterocycles. The first-order valence-corrected chi connectivity index (χ1v) is 7.83. The fourth-order valence-corrected chi connectivity index (χ4v) is 3.15. The summed E-state index contributed by atoms with van der Waals surface area (Å²) in [7, 11) is 0. The molecule has 0 radical (unpaired) electrons. The van der Waals surface area contributed by atoms with Crippen LogP contribution < -0.4 is 5.73 Å². The van der Waals surface area contributed by atoms with Crippen LogP contribution in [0, 0.1) is 9.49 Å². The average molecular weight is 364 g/mol. The summed E-state index contributed by atoms with van der Waals surface area (Å²) in [6.45, 7) is 0. The van der Waals surface area contributed by atoms with Crippen molar-refractivity contribution in [2.45, 2.75) is 44.6 Å². The third-order valence-electron chi connectivity index (χ3n) is 3.73. The second kappa shape index (κ2) is 6.39. The van der Waals surface area contributed by atoms with Gasteiger partial charge < -0.3 is 5.73 Å². The van der Waals surface area contributed by atoms with Crippen molar-refractivity contribution in [3.8, 4) is 0 Å². The molecular formula is C14H19ClIN. The highest BCUT2D eigenvalue weighted by atomic mass is 127. The molecule has 0 aromatic heterocycles. The van der Waals surface area contributed by atoms with Gasteiger partial charge in [0.05, 0.1) is 5.02 Å². The van der Waals surface area contributed by atoms with Gasteiger partial charge in [0.25, 0.3) is 0 Å². The molecule has 1 fully saturated rings. The molecular weight excluding hydrogens is 345 g/mol. The van der Waals surface area contributed by atoms with Gasteiger partial charge in [-0.3, -0.25) is 0 Å². The number of halogens is 2. The maximum absolute atomic E-state index is 6.23. The molecule has 1 aliphatic carbocycles. The topological polar surface area (TPSA) is 26.0 Å². The zero-order valence-corrected chi connectivity index (χ0v) is 12.9. The molecule has 0 heterocycles. The van der Waals surface area contributed by atoms with Gasteiger partial charge in [-0.1, -0.05) is 43.4 Å². The van der Waals surface area contributed by atoms with Gasteiger partial charge in [0.15, 0.2) is 0 Å². The van der Waals surface area contributed by atoms with Crippen LogP contribution in [0.3, 0.4) is 0 Å². The van der Waals surface area contributed by atoms with Crippen LogP contribution in [0.2, 0.25) is 5.02 Å². The first-order chi connectivity index (χ1) is 8.16. The summed E-state index contributed by atoms with van der Waals surface area (Å²) in [6, 6.07) is 6.31. The Balaban J connectivity index is 1.89. The first-order valence-electron chi connectivity index (χ1n) is 6.37. The number of nitrogens with two attached hydrogens (primary N) is 1. The minimum atomic E-state index is 0.144. The van der Waals surface area contributed by atoms with Gasteiger partial charge in [0.1, 0.15) is 0 Å². The monoisotopic (exact) mass is 363 g/mol. The number of benzene rings is 1. The van der Waals surface area contributed by atoms with Gasteiger partial charge in [-0.15, -0.1) is 0 Å². The molecule has 1 unspecified atom stereocenters. The molecule has 1 saturated carbocycles. The van der Waals surface area contributed by atoms with Crippen molar-refractivity contribution in [2.24, 2.45) is 11.7 Å². The molecule has 0 amide bonds. The van der Waals surface area contributed by atoms with Crippen LogP contribution in [-0.4, -0.2) is 0 Å². The van der Waals surface area contributed by atoms with Crippen LogP contribution in [0.25, 0.3) is 0 Å². The van der Waals surface area contributed by atoms with Gasteiger partial charge in [-0.05, 0) is 59.0 Å². The maximum Gasteiger partial charge on any atom is 0.0542 e. The summed E-state index contributed by atoms with van der Waals surface area (Å²) >= 11 is 8.37. The Kier molecular flexibility index (Phi) is 5.12. The van der Waals surface area contributed by atoms with E-state index in [4.69, 9.17) is 17.3 Å². The summed E-state index contributed by atoms with van der Waals surface area (Å²) in [5, 5.41) is 0.819. The van der Waals surface area contributed by atoms with E-state index in [1.165, 1.54) is 37.7 Å². The molecule has 1 aliphatic rings. The largest absolute Gasteiger partial charge is 0.324 e. The highest BCUT2D eigenvalue weighted by Gasteiger charge is 2.16. The summed E-state index contributed by atoms with van der Waals surface area (Å²) < 4.78 is 1.09. The van der Waals surface area contributed by atoms with Crippen molar-refractivity contribution >= 4 is 34.2 Å². The fourth-order valence-electron chi connectivity index (χ4n) is 2.62. The van der Waals surface area contributed by atoms with Crippen molar-refractivity contribution in [3.63, 3.8) is 0 Å². The lowest BCUT2D eigenvalue weighted by molar-refractivity contribution is 0.454. The second-order valence-corrected chi connectivity index (χ2v) is 6.58. The molecule has 2 N–H and O–H groups in total. The van der Waals surface area contributed by atoms with E-state index in [9.17, 15) is 0 Å². The van der Waals surface area contributed by atoms with Crippen LogP contribution >= 0.6 is 34.2 Å². The Morgan fingerprint density at radius 2 is 2.06 bits per heavy atom. The number of hydrogen-bond acceptors (Lipinski definition) is 1. The van der Waals surface area contributed by atoms with Crippen molar-refractivity contribution in [1.82, 2.24) is 0 Å². The predicted octanol–water partition coefficient (Wildman–Crippen LogP) is 4.91.